The highest BCUT2D eigenvalue weighted by Gasteiger charge is 1.82. The van der Waals surface area contributed by atoms with E-state index in [1.165, 1.54) is 5.43 Å². The predicted octanol–water partition coefficient (Wildman–Crippen LogP) is -1.37. The molecule has 0 rings (SSSR count). The molecule has 0 bridgehead atoms. The molecular formula is CH3N3O3S. The molecular weight excluding hydrogens is 134 g/mol. The van der Waals surface area contributed by atoms with Gasteiger partial charge in [-0.05, 0) is 4.47 Å². The van der Waals surface area contributed by atoms with Gasteiger partial charge in [-0.25, -0.2) is 10.2 Å². The summed E-state index contributed by atoms with van der Waals surface area (Å²) in [6.45, 7) is 0. The zero-order chi connectivity index (χ0) is 6.57. The van der Waals surface area contributed by atoms with E-state index in [9.17, 15) is 13.2 Å². The Labute approximate surface area is 46.4 Å². The first-order chi connectivity index (χ1) is 3.63. The van der Waals surface area contributed by atoms with Crippen LogP contribution in [0.4, 0.5) is 4.79 Å². The summed E-state index contributed by atoms with van der Waals surface area (Å²) in [7, 11) is -2.62. The Morgan fingerprint density at radius 3 is 2.25 bits per heavy atom. The molecule has 8 heavy (non-hydrogen) atoms. The first kappa shape index (κ1) is 6.89. The van der Waals surface area contributed by atoms with Gasteiger partial charge < -0.3 is 5.73 Å². The van der Waals surface area contributed by atoms with Gasteiger partial charge in [0.2, 0.25) is 0 Å². The van der Waals surface area contributed by atoms with E-state index in [2.05, 4.69) is 10.2 Å². The highest BCUT2D eigenvalue weighted by molar-refractivity contribution is 7.61. The third-order valence-corrected chi connectivity index (χ3v) is 0.471. The smallest absolute Gasteiger partial charge is 0.333 e. The highest BCUT2D eigenvalue weighted by atomic mass is 32.2. The van der Waals surface area contributed by atoms with Gasteiger partial charge in [0.25, 0.3) is 0 Å². The summed E-state index contributed by atoms with van der Waals surface area (Å²) >= 11 is 0. The van der Waals surface area contributed by atoms with Gasteiger partial charge in [-0.3, -0.25) is 0 Å². The van der Waals surface area contributed by atoms with Gasteiger partial charge in [0.05, 0.1) is 0 Å². The maximum absolute atomic E-state index is 9.65. The van der Waals surface area contributed by atoms with Crippen molar-refractivity contribution < 1.29 is 13.2 Å². The molecule has 0 aliphatic heterocycles. The number of hydrogen-bond acceptors (Lipinski definition) is 4. The highest BCUT2D eigenvalue weighted by Crippen LogP contribution is 1.54. The minimum atomic E-state index is -2.62. The van der Waals surface area contributed by atoms with Gasteiger partial charge in [0.1, 0.15) is 0 Å². The number of nitrogens with two attached hydrogens (primary N) is 1. The number of rotatable bonds is 1. The van der Waals surface area contributed by atoms with E-state index in [1.807, 2.05) is 0 Å². The predicted molar refractivity (Wildman–Crippen MR) is 24.1 cm³/mol. The lowest BCUT2D eigenvalue weighted by Crippen LogP contribution is -2.23. The van der Waals surface area contributed by atoms with Crippen LogP contribution in [0.1, 0.15) is 0 Å². The quantitative estimate of drug-likeness (QED) is 0.436. The van der Waals surface area contributed by atoms with Crippen LogP contribution >= 0.6 is 0 Å². The molecule has 0 aromatic heterocycles. The molecule has 0 aromatic rings. The average Bonchev–Trinajstić information content (AvgIpc) is 1.61. The maximum Gasteiger partial charge on any atom is 0.333 e. The van der Waals surface area contributed by atoms with E-state index >= 15 is 0 Å². The van der Waals surface area contributed by atoms with Crippen LogP contribution in [0.15, 0.2) is 4.47 Å². The number of amides is 2. The lowest BCUT2D eigenvalue weighted by Gasteiger charge is -1.80. The number of urea groups is 1. The van der Waals surface area contributed by atoms with Crippen molar-refractivity contribution in [3.63, 3.8) is 0 Å². The van der Waals surface area contributed by atoms with Gasteiger partial charge in [0.15, 0.2) is 0 Å². The standard InChI is InChI=1S/CH3N3O3S/c2-1(5)3-4-8(6)7/h(H3,2,3,5). The number of primary amides is 1. The van der Waals surface area contributed by atoms with E-state index < -0.39 is 16.5 Å². The van der Waals surface area contributed by atoms with Crippen molar-refractivity contribution in [2.45, 2.75) is 0 Å². The molecule has 0 saturated carbocycles. The summed E-state index contributed by atoms with van der Waals surface area (Å²) in [5.74, 6) is 0. The van der Waals surface area contributed by atoms with Crippen LogP contribution in [-0.4, -0.2) is 14.4 Å². The van der Waals surface area contributed by atoms with Crippen molar-refractivity contribution in [1.29, 1.82) is 0 Å². The van der Waals surface area contributed by atoms with Crippen LogP contribution in [0.5, 0.6) is 0 Å². The Morgan fingerprint density at radius 2 is 2.12 bits per heavy atom. The van der Waals surface area contributed by atoms with Gasteiger partial charge in [-0.15, -0.1) is 0 Å². The minimum Gasteiger partial charge on any atom is -0.350 e. The average molecular weight is 137 g/mol. The Balaban J connectivity index is 3.81. The normalized spacial score (nSPS) is 7.50. The molecule has 0 fully saturated rings. The number of carbonyl (C=O) groups excluding carboxylic acids is 1. The second-order valence-corrected chi connectivity index (χ2v) is 1.40. The second kappa shape index (κ2) is 2.97. The Hall–Kier alpha value is -1.11. The molecule has 0 atom stereocenters. The van der Waals surface area contributed by atoms with E-state index in [4.69, 9.17) is 0 Å². The molecule has 2 amide bonds. The zero-order valence-corrected chi connectivity index (χ0v) is 4.47. The summed E-state index contributed by atoms with van der Waals surface area (Å²) in [5, 5.41) is 0. The number of nitrogens with one attached hydrogen (secondary N) is 1. The van der Waals surface area contributed by atoms with Crippen LogP contribution < -0.4 is 11.2 Å². The third kappa shape index (κ3) is 4.89. The SMILES string of the molecule is NC(=O)NN=S(=O)=O. The number of nitrogens with zero attached hydrogens (tertiary/aromatic N) is 1. The van der Waals surface area contributed by atoms with Gasteiger partial charge in [0, 0.05) is 0 Å². The number of hydrogen-bond donors (Lipinski definition) is 2. The van der Waals surface area contributed by atoms with Crippen LogP contribution in [-0.2, 0) is 10.5 Å². The van der Waals surface area contributed by atoms with E-state index in [0.29, 0.717) is 0 Å². The molecule has 0 unspecified atom stereocenters. The second-order valence-electron chi connectivity index (χ2n) is 0.784. The van der Waals surface area contributed by atoms with E-state index in [1.54, 1.807) is 0 Å². The fourth-order valence-corrected chi connectivity index (χ4v) is 0.247. The van der Waals surface area contributed by atoms with Crippen molar-refractivity contribution >= 4 is 16.5 Å². The molecule has 46 valence electrons. The third-order valence-electron chi connectivity index (χ3n) is 0.230. The molecule has 0 heterocycles. The lowest BCUT2D eigenvalue weighted by atomic mass is 11.2. The van der Waals surface area contributed by atoms with Crippen molar-refractivity contribution in [2.75, 3.05) is 0 Å². The topological polar surface area (TPSA) is 102 Å². The van der Waals surface area contributed by atoms with Crippen LogP contribution in [0.25, 0.3) is 0 Å². The van der Waals surface area contributed by atoms with Gasteiger partial charge in [-0.1, -0.05) is 0 Å². The molecule has 0 spiro atoms. The van der Waals surface area contributed by atoms with Crippen molar-refractivity contribution in [2.24, 2.45) is 10.2 Å². The molecule has 0 saturated heterocycles. The summed E-state index contributed by atoms with van der Waals surface area (Å²) in [6, 6.07) is -1.01. The Morgan fingerprint density at radius 1 is 1.62 bits per heavy atom. The van der Waals surface area contributed by atoms with Crippen molar-refractivity contribution in [1.82, 2.24) is 5.43 Å². The minimum absolute atomic E-state index is 1.01. The first-order valence-corrected chi connectivity index (χ1v) is 2.51. The molecule has 0 aliphatic rings. The maximum atomic E-state index is 9.65. The van der Waals surface area contributed by atoms with Crippen LogP contribution in [0.2, 0.25) is 0 Å². The summed E-state index contributed by atoms with van der Waals surface area (Å²) in [6.07, 6.45) is 0. The van der Waals surface area contributed by atoms with Gasteiger partial charge in [-0.2, -0.15) is 8.42 Å². The zero-order valence-electron chi connectivity index (χ0n) is 3.66. The van der Waals surface area contributed by atoms with Crippen molar-refractivity contribution in [3.8, 4) is 0 Å². The number of carbonyl (C=O) groups is 1. The molecule has 6 nitrogen and oxygen atoms in total. The summed E-state index contributed by atoms with van der Waals surface area (Å²) in [5.41, 5.74) is 5.92. The Kier molecular flexibility index (Phi) is 2.56. The Bertz CT molecular complexity index is 195. The van der Waals surface area contributed by atoms with Gasteiger partial charge >= 0.3 is 16.5 Å². The molecule has 3 N–H and O–H groups in total. The van der Waals surface area contributed by atoms with Crippen LogP contribution in [0, 0.1) is 0 Å². The van der Waals surface area contributed by atoms with Crippen LogP contribution in [0.3, 0.4) is 0 Å². The summed E-state index contributed by atoms with van der Waals surface area (Å²) < 4.78 is 21.4. The monoisotopic (exact) mass is 137 g/mol. The molecule has 0 radical (unpaired) electrons. The fourth-order valence-electron chi connectivity index (χ4n) is 0.0823. The summed E-state index contributed by atoms with van der Waals surface area (Å²) in [4.78, 5) is 9.65. The largest absolute Gasteiger partial charge is 0.350 e. The lowest BCUT2D eigenvalue weighted by molar-refractivity contribution is 0.249. The molecule has 0 aromatic carbocycles. The van der Waals surface area contributed by atoms with E-state index in [0.717, 1.165) is 0 Å². The molecule has 7 heteroatoms. The molecule has 0 aliphatic carbocycles. The fraction of sp³-hybridized carbons (Fsp3) is 0. The van der Waals surface area contributed by atoms with E-state index in [-0.39, 0.29) is 0 Å². The first-order valence-electron chi connectivity index (χ1n) is 1.48. The van der Waals surface area contributed by atoms with Crippen molar-refractivity contribution in [3.05, 3.63) is 0 Å².